The van der Waals surface area contributed by atoms with Crippen molar-refractivity contribution in [3.05, 3.63) is 63.9 Å². The maximum Gasteiger partial charge on any atom is 0.254 e. The summed E-state index contributed by atoms with van der Waals surface area (Å²) in [7, 11) is 0. The van der Waals surface area contributed by atoms with Crippen LogP contribution in [0.25, 0.3) is 0 Å². The summed E-state index contributed by atoms with van der Waals surface area (Å²) in [4.78, 5) is 11.9. The van der Waals surface area contributed by atoms with Gasteiger partial charge in [0, 0.05) is 12.2 Å². The third-order valence-electron chi connectivity index (χ3n) is 2.60. The van der Waals surface area contributed by atoms with Crippen LogP contribution < -0.4 is 11.1 Å². The first-order chi connectivity index (χ1) is 9.08. The zero-order valence-electron chi connectivity index (χ0n) is 9.99. The number of hydrogen-bond acceptors (Lipinski definition) is 2. The monoisotopic (exact) mass is 322 g/mol. The summed E-state index contributed by atoms with van der Waals surface area (Å²) >= 11 is 3.05. The van der Waals surface area contributed by atoms with Crippen LogP contribution in [-0.2, 0) is 6.54 Å². The van der Waals surface area contributed by atoms with Crippen molar-refractivity contribution in [1.29, 1.82) is 0 Å². The first-order valence-electron chi connectivity index (χ1n) is 5.64. The molecule has 19 heavy (non-hydrogen) atoms. The highest BCUT2D eigenvalue weighted by Gasteiger charge is 2.13. The van der Waals surface area contributed by atoms with E-state index in [0.29, 0.717) is 12.2 Å². The normalized spacial score (nSPS) is 10.2. The second-order valence-corrected chi connectivity index (χ2v) is 4.88. The van der Waals surface area contributed by atoms with Crippen molar-refractivity contribution in [2.75, 3.05) is 5.73 Å². The van der Waals surface area contributed by atoms with Crippen LogP contribution in [0.3, 0.4) is 0 Å². The van der Waals surface area contributed by atoms with E-state index >= 15 is 0 Å². The minimum Gasteiger partial charge on any atom is -0.399 e. The lowest BCUT2D eigenvalue weighted by Crippen LogP contribution is -2.24. The Hall–Kier alpha value is -1.88. The molecule has 0 saturated heterocycles. The lowest BCUT2D eigenvalue weighted by atomic mass is 10.1. The van der Waals surface area contributed by atoms with E-state index in [0.717, 1.165) is 5.56 Å². The molecule has 2 aromatic carbocycles. The van der Waals surface area contributed by atoms with Gasteiger partial charge in [-0.3, -0.25) is 4.79 Å². The molecule has 3 N–H and O–H groups in total. The molecular weight excluding hydrogens is 311 g/mol. The van der Waals surface area contributed by atoms with Crippen LogP contribution in [0.15, 0.2) is 46.9 Å². The Kier molecular flexibility index (Phi) is 4.16. The maximum atomic E-state index is 13.7. The number of carbonyl (C=O) groups is 1. The van der Waals surface area contributed by atoms with Crippen molar-refractivity contribution in [2.24, 2.45) is 0 Å². The van der Waals surface area contributed by atoms with Crippen LogP contribution in [0.2, 0.25) is 0 Å². The van der Waals surface area contributed by atoms with Gasteiger partial charge in [0.25, 0.3) is 5.91 Å². The number of benzene rings is 2. The summed E-state index contributed by atoms with van der Waals surface area (Å²) in [6, 6.07) is 11.8. The largest absolute Gasteiger partial charge is 0.399 e. The number of nitrogens with one attached hydrogen (secondary N) is 1. The molecule has 0 unspecified atom stereocenters. The molecule has 0 aliphatic carbocycles. The van der Waals surface area contributed by atoms with Crippen LogP contribution in [0.1, 0.15) is 15.9 Å². The Morgan fingerprint density at radius 1 is 1.26 bits per heavy atom. The highest BCUT2D eigenvalue weighted by Crippen LogP contribution is 2.18. The van der Waals surface area contributed by atoms with Crippen molar-refractivity contribution >= 4 is 27.5 Å². The average molecular weight is 323 g/mol. The lowest BCUT2D eigenvalue weighted by Gasteiger charge is -2.07. The van der Waals surface area contributed by atoms with Gasteiger partial charge in [0.15, 0.2) is 0 Å². The predicted octanol–water partition coefficient (Wildman–Crippen LogP) is 3.10. The van der Waals surface area contributed by atoms with Gasteiger partial charge in [-0.05, 0) is 45.8 Å². The molecule has 1 amide bonds. The third-order valence-corrected chi connectivity index (χ3v) is 3.21. The number of hydrogen-bond donors (Lipinski definition) is 2. The van der Waals surface area contributed by atoms with Crippen LogP contribution in [0.4, 0.5) is 10.1 Å². The maximum absolute atomic E-state index is 13.7. The Balaban J connectivity index is 2.08. The Bertz CT molecular complexity index is 616. The molecule has 0 atom stereocenters. The van der Waals surface area contributed by atoms with Gasteiger partial charge in [-0.2, -0.15) is 0 Å². The Morgan fingerprint density at radius 2 is 2.00 bits per heavy atom. The summed E-state index contributed by atoms with van der Waals surface area (Å²) in [5, 5.41) is 2.66. The van der Waals surface area contributed by atoms with E-state index in [1.165, 1.54) is 6.07 Å². The number of carbonyl (C=O) groups excluding carboxylic acids is 1. The van der Waals surface area contributed by atoms with Crippen LogP contribution in [-0.4, -0.2) is 5.91 Å². The highest BCUT2D eigenvalue weighted by atomic mass is 79.9. The molecule has 3 nitrogen and oxygen atoms in total. The minimum absolute atomic E-state index is 0.0123. The van der Waals surface area contributed by atoms with Crippen LogP contribution >= 0.6 is 15.9 Å². The number of rotatable bonds is 3. The topological polar surface area (TPSA) is 55.1 Å². The SMILES string of the molecule is Nc1cccc(CNC(=O)c2cccc(Br)c2F)c1. The van der Waals surface area contributed by atoms with E-state index in [4.69, 9.17) is 5.73 Å². The van der Waals surface area contributed by atoms with Gasteiger partial charge in [0.05, 0.1) is 10.0 Å². The van der Waals surface area contributed by atoms with Crippen LogP contribution in [0.5, 0.6) is 0 Å². The molecular formula is C14H12BrFN2O. The number of nitrogens with two attached hydrogens (primary N) is 1. The van der Waals surface area contributed by atoms with E-state index in [1.807, 2.05) is 6.07 Å². The summed E-state index contributed by atoms with van der Waals surface area (Å²) in [5.41, 5.74) is 7.14. The van der Waals surface area contributed by atoms with Crippen molar-refractivity contribution in [2.45, 2.75) is 6.54 Å². The fraction of sp³-hybridized carbons (Fsp3) is 0.0714. The minimum atomic E-state index is -0.562. The second kappa shape index (κ2) is 5.84. The smallest absolute Gasteiger partial charge is 0.254 e. The fourth-order valence-electron chi connectivity index (χ4n) is 1.66. The summed E-state index contributed by atoms with van der Waals surface area (Å²) in [6.07, 6.45) is 0. The van der Waals surface area contributed by atoms with E-state index < -0.39 is 11.7 Å². The molecule has 0 aliphatic heterocycles. The van der Waals surface area contributed by atoms with E-state index in [2.05, 4.69) is 21.2 Å². The number of amides is 1. The lowest BCUT2D eigenvalue weighted by molar-refractivity contribution is 0.0946. The van der Waals surface area contributed by atoms with Gasteiger partial charge in [-0.25, -0.2) is 4.39 Å². The quantitative estimate of drug-likeness (QED) is 0.853. The molecule has 5 heteroatoms. The highest BCUT2D eigenvalue weighted by molar-refractivity contribution is 9.10. The van der Waals surface area contributed by atoms with Gasteiger partial charge < -0.3 is 11.1 Å². The first-order valence-corrected chi connectivity index (χ1v) is 6.44. The molecule has 0 saturated carbocycles. The molecule has 0 aliphatic rings. The molecule has 0 radical (unpaired) electrons. The Morgan fingerprint density at radius 3 is 2.74 bits per heavy atom. The molecule has 0 heterocycles. The summed E-state index contributed by atoms with van der Waals surface area (Å²) in [5.74, 6) is -1.02. The standard InChI is InChI=1S/C14H12BrFN2O/c15-12-6-2-5-11(13(12)16)14(19)18-8-9-3-1-4-10(17)7-9/h1-7H,8,17H2,(H,18,19). The molecule has 0 spiro atoms. The Labute approximate surface area is 118 Å². The molecule has 0 fully saturated rings. The molecule has 0 aromatic heterocycles. The molecule has 98 valence electrons. The molecule has 2 rings (SSSR count). The first kappa shape index (κ1) is 13.5. The van der Waals surface area contributed by atoms with Gasteiger partial charge in [0.1, 0.15) is 5.82 Å². The third kappa shape index (κ3) is 3.32. The van der Waals surface area contributed by atoms with E-state index in [1.54, 1.807) is 30.3 Å². The number of halogens is 2. The van der Waals surface area contributed by atoms with Gasteiger partial charge >= 0.3 is 0 Å². The molecule has 2 aromatic rings. The number of anilines is 1. The average Bonchev–Trinajstić information content (AvgIpc) is 2.39. The van der Waals surface area contributed by atoms with Gasteiger partial charge in [0.2, 0.25) is 0 Å². The zero-order chi connectivity index (χ0) is 13.8. The fourth-order valence-corrected chi connectivity index (χ4v) is 2.03. The van der Waals surface area contributed by atoms with E-state index in [-0.39, 0.29) is 10.0 Å². The van der Waals surface area contributed by atoms with Crippen molar-refractivity contribution < 1.29 is 9.18 Å². The summed E-state index contributed by atoms with van der Waals surface area (Å²) < 4.78 is 14.0. The van der Waals surface area contributed by atoms with Crippen LogP contribution in [0, 0.1) is 5.82 Å². The summed E-state index contributed by atoms with van der Waals surface area (Å²) in [6.45, 7) is 0.301. The number of nitrogen functional groups attached to an aromatic ring is 1. The second-order valence-electron chi connectivity index (χ2n) is 4.03. The predicted molar refractivity (Wildman–Crippen MR) is 76.1 cm³/mol. The van der Waals surface area contributed by atoms with Crippen molar-refractivity contribution in [1.82, 2.24) is 5.32 Å². The molecule has 0 bridgehead atoms. The van der Waals surface area contributed by atoms with Crippen molar-refractivity contribution in [3.63, 3.8) is 0 Å². The van der Waals surface area contributed by atoms with E-state index in [9.17, 15) is 9.18 Å². The van der Waals surface area contributed by atoms with Crippen molar-refractivity contribution in [3.8, 4) is 0 Å². The van der Waals surface area contributed by atoms with Gasteiger partial charge in [-0.15, -0.1) is 0 Å². The van der Waals surface area contributed by atoms with Gasteiger partial charge in [-0.1, -0.05) is 18.2 Å². The zero-order valence-corrected chi connectivity index (χ0v) is 11.6.